The summed E-state index contributed by atoms with van der Waals surface area (Å²) in [5.41, 5.74) is 0. The molecule has 0 radical (unpaired) electrons. The molecule has 0 aliphatic heterocycles. The molecule has 0 aliphatic rings. The van der Waals surface area contributed by atoms with Crippen molar-refractivity contribution in [1.82, 2.24) is 10.2 Å². The highest BCUT2D eigenvalue weighted by atomic mass is 32.2. The zero-order chi connectivity index (χ0) is 9.90. The average molecular weight is 218 g/mol. The molecule has 0 bridgehead atoms. The fourth-order valence-electron chi connectivity index (χ4n) is 0.592. The molecule has 0 aliphatic carbocycles. The number of nitrogens with one attached hydrogen (secondary N) is 1. The van der Waals surface area contributed by atoms with Gasteiger partial charge in [0.25, 0.3) is 0 Å². The monoisotopic (exact) mass is 218 g/mol. The Labute approximate surface area is 79.3 Å². The standard InChI is InChI=1S/C5H6N4O2S2/c1-4-7-8-5(12-4)9-13(10,11)3-2-6/h3H2,1H3,(H,8,9). The number of hydrogen-bond donors (Lipinski definition) is 1. The van der Waals surface area contributed by atoms with E-state index in [9.17, 15) is 8.42 Å². The van der Waals surface area contributed by atoms with Crippen LogP contribution in [0.4, 0.5) is 5.13 Å². The van der Waals surface area contributed by atoms with E-state index in [0.717, 1.165) is 11.3 Å². The third-order valence-corrected chi connectivity index (χ3v) is 2.92. The van der Waals surface area contributed by atoms with Crippen molar-refractivity contribution in [3.8, 4) is 6.07 Å². The zero-order valence-corrected chi connectivity index (χ0v) is 8.31. The van der Waals surface area contributed by atoms with Crippen LogP contribution in [-0.2, 0) is 10.0 Å². The second-order valence-electron chi connectivity index (χ2n) is 2.15. The van der Waals surface area contributed by atoms with Crippen molar-refractivity contribution in [2.24, 2.45) is 0 Å². The van der Waals surface area contributed by atoms with Gasteiger partial charge in [-0.05, 0) is 6.92 Å². The highest BCUT2D eigenvalue weighted by Crippen LogP contribution is 2.14. The number of nitrogens with zero attached hydrogens (tertiary/aromatic N) is 3. The van der Waals surface area contributed by atoms with Gasteiger partial charge in [0, 0.05) is 0 Å². The van der Waals surface area contributed by atoms with Crippen molar-refractivity contribution in [1.29, 1.82) is 5.26 Å². The van der Waals surface area contributed by atoms with Crippen LogP contribution in [0.3, 0.4) is 0 Å². The lowest BCUT2D eigenvalue weighted by Gasteiger charge is -1.97. The summed E-state index contributed by atoms with van der Waals surface area (Å²) in [6, 6.07) is 1.54. The van der Waals surface area contributed by atoms with Gasteiger partial charge in [0.1, 0.15) is 5.01 Å². The normalized spacial score (nSPS) is 10.8. The second-order valence-corrected chi connectivity index (χ2v) is 5.05. The quantitative estimate of drug-likeness (QED) is 0.776. The van der Waals surface area contributed by atoms with Crippen molar-refractivity contribution in [3.05, 3.63) is 5.01 Å². The molecule has 0 unspecified atom stereocenters. The SMILES string of the molecule is Cc1nnc(NS(=O)(=O)CC#N)s1. The first-order chi connectivity index (χ1) is 6.03. The lowest BCUT2D eigenvalue weighted by atomic mass is 10.9. The first kappa shape index (κ1) is 9.88. The van der Waals surface area contributed by atoms with Crippen LogP contribution >= 0.6 is 11.3 Å². The molecule has 0 amide bonds. The summed E-state index contributed by atoms with van der Waals surface area (Å²) in [6.45, 7) is 1.71. The van der Waals surface area contributed by atoms with E-state index < -0.39 is 15.8 Å². The Kier molecular flexibility index (Phi) is 2.79. The van der Waals surface area contributed by atoms with E-state index in [1.54, 1.807) is 13.0 Å². The summed E-state index contributed by atoms with van der Waals surface area (Å²) in [4.78, 5) is 0. The first-order valence-electron chi connectivity index (χ1n) is 3.21. The van der Waals surface area contributed by atoms with Gasteiger partial charge in [0.15, 0.2) is 5.75 Å². The van der Waals surface area contributed by atoms with Crippen molar-refractivity contribution >= 4 is 26.5 Å². The van der Waals surface area contributed by atoms with Gasteiger partial charge in [-0.25, -0.2) is 8.42 Å². The molecule has 0 saturated heterocycles. The lowest BCUT2D eigenvalue weighted by molar-refractivity contribution is 0.604. The Morgan fingerprint density at radius 3 is 2.77 bits per heavy atom. The Hall–Kier alpha value is -1.20. The summed E-state index contributed by atoms with van der Waals surface area (Å²) in [6.07, 6.45) is 0. The van der Waals surface area contributed by atoms with E-state index in [1.807, 2.05) is 0 Å². The molecule has 0 spiro atoms. The van der Waals surface area contributed by atoms with Crippen LogP contribution in [0.5, 0.6) is 0 Å². The van der Waals surface area contributed by atoms with Gasteiger partial charge in [-0.2, -0.15) is 5.26 Å². The topological polar surface area (TPSA) is 95.7 Å². The van der Waals surface area contributed by atoms with Gasteiger partial charge in [-0.3, -0.25) is 4.72 Å². The maximum absolute atomic E-state index is 11.0. The molecule has 70 valence electrons. The Balaban J connectivity index is 2.76. The molecule has 13 heavy (non-hydrogen) atoms. The molecule has 0 aromatic carbocycles. The number of aryl methyl sites for hydroxylation is 1. The summed E-state index contributed by atoms with van der Waals surface area (Å²) in [5.74, 6) is -0.578. The maximum atomic E-state index is 11.0. The van der Waals surface area contributed by atoms with E-state index in [1.165, 1.54) is 0 Å². The third kappa shape index (κ3) is 2.96. The van der Waals surface area contributed by atoms with Gasteiger partial charge < -0.3 is 0 Å². The minimum Gasteiger partial charge on any atom is -0.256 e. The Morgan fingerprint density at radius 1 is 1.62 bits per heavy atom. The van der Waals surface area contributed by atoms with E-state index in [-0.39, 0.29) is 5.13 Å². The molecular formula is C5H6N4O2S2. The summed E-state index contributed by atoms with van der Waals surface area (Å²) >= 11 is 1.12. The van der Waals surface area contributed by atoms with E-state index in [0.29, 0.717) is 5.01 Å². The smallest absolute Gasteiger partial charge is 0.248 e. The molecule has 6 nitrogen and oxygen atoms in total. The van der Waals surface area contributed by atoms with Crippen LogP contribution in [0.1, 0.15) is 5.01 Å². The van der Waals surface area contributed by atoms with Crippen LogP contribution < -0.4 is 4.72 Å². The molecular weight excluding hydrogens is 212 g/mol. The predicted octanol–water partition coefficient (Wildman–Crippen LogP) is 0.112. The van der Waals surface area contributed by atoms with Gasteiger partial charge in [-0.1, -0.05) is 11.3 Å². The molecule has 8 heteroatoms. The average Bonchev–Trinajstić information content (AvgIpc) is 2.34. The number of anilines is 1. The van der Waals surface area contributed by atoms with Crippen molar-refractivity contribution in [3.63, 3.8) is 0 Å². The van der Waals surface area contributed by atoms with E-state index in [4.69, 9.17) is 5.26 Å². The molecule has 0 atom stereocenters. The summed E-state index contributed by atoms with van der Waals surface area (Å²) < 4.78 is 24.2. The number of rotatable bonds is 3. The highest BCUT2D eigenvalue weighted by Gasteiger charge is 2.11. The van der Waals surface area contributed by atoms with Crippen molar-refractivity contribution < 1.29 is 8.42 Å². The number of nitriles is 1. The van der Waals surface area contributed by atoms with E-state index in [2.05, 4.69) is 14.9 Å². The van der Waals surface area contributed by atoms with Crippen LogP contribution in [-0.4, -0.2) is 24.4 Å². The molecule has 1 aromatic rings. The molecule has 1 aromatic heterocycles. The van der Waals surface area contributed by atoms with Gasteiger partial charge >= 0.3 is 0 Å². The van der Waals surface area contributed by atoms with Crippen LogP contribution in [0, 0.1) is 18.3 Å². The molecule has 1 heterocycles. The Morgan fingerprint density at radius 2 is 2.31 bits per heavy atom. The van der Waals surface area contributed by atoms with E-state index >= 15 is 0 Å². The van der Waals surface area contributed by atoms with Crippen molar-refractivity contribution in [2.45, 2.75) is 6.92 Å². The molecule has 0 saturated carbocycles. The van der Waals surface area contributed by atoms with Gasteiger partial charge in [0.2, 0.25) is 15.2 Å². The second kappa shape index (κ2) is 3.68. The zero-order valence-electron chi connectivity index (χ0n) is 6.68. The van der Waals surface area contributed by atoms with Crippen LogP contribution in [0.2, 0.25) is 0 Å². The fourth-order valence-corrected chi connectivity index (χ4v) is 2.13. The van der Waals surface area contributed by atoms with Crippen LogP contribution in [0.25, 0.3) is 0 Å². The van der Waals surface area contributed by atoms with Gasteiger partial charge in [0.05, 0.1) is 6.07 Å². The van der Waals surface area contributed by atoms with Gasteiger partial charge in [-0.15, -0.1) is 10.2 Å². The minimum absolute atomic E-state index is 0.188. The highest BCUT2D eigenvalue weighted by molar-refractivity contribution is 7.93. The first-order valence-corrected chi connectivity index (χ1v) is 5.68. The largest absolute Gasteiger partial charge is 0.256 e. The minimum atomic E-state index is -3.57. The fraction of sp³-hybridized carbons (Fsp3) is 0.400. The van der Waals surface area contributed by atoms with Crippen molar-refractivity contribution in [2.75, 3.05) is 10.5 Å². The maximum Gasteiger partial charge on any atom is 0.248 e. The number of aromatic nitrogens is 2. The Bertz CT molecular complexity index is 430. The number of hydrogen-bond acceptors (Lipinski definition) is 6. The predicted molar refractivity (Wildman–Crippen MR) is 47.7 cm³/mol. The summed E-state index contributed by atoms with van der Waals surface area (Å²) in [7, 11) is -3.57. The number of sulfonamides is 1. The van der Waals surface area contributed by atoms with Crippen LogP contribution in [0.15, 0.2) is 0 Å². The molecule has 0 fully saturated rings. The summed E-state index contributed by atoms with van der Waals surface area (Å²) in [5, 5.41) is 16.2. The lowest BCUT2D eigenvalue weighted by Crippen LogP contribution is -2.15. The molecule has 1 rings (SSSR count). The molecule has 1 N–H and O–H groups in total. The third-order valence-electron chi connectivity index (χ3n) is 1.02.